The molecular formula is C108H74N10. The molecule has 22 aromatic rings. The minimum absolute atomic E-state index is 0. The van der Waals surface area contributed by atoms with E-state index in [9.17, 15) is 0 Å². The Bertz CT molecular complexity index is 7020. The lowest BCUT2D eigenvalue weighted by atomic mass is 9.90. The highest BCUT2D eigenvalue weighted by Gasteiger charge is 2.22. The van der Waals surface area contributed by atoms with Gasteiger partial charge < -0.3 is 9.13 Å². The Kier molecular flexibility index (Phi) is 18.5. The zero-order valence-corrected chi connectivity index (χ0v) is 63.9. The molecule has 0 saturated heterocycles. The first-order chi connectivity index (χ1) is 59.5. The zero-order chi connectivity index (χ0) is 80.7. The van der Waals surface area contributed by atoms with Crippen molar-refractivity contribution in [3.63, 3.8) is 0 Å². The maximum atomic E-state index is 7.71. The van der Waals surface area contributed by atoms with Gasteiger partial charge in [0.05, 0.1) is 62.8 Å². The summed E-state index contributed by atoms with van der Waals surface area (Å²) in [7, 11) is 0. The molecule has 0 N–H and O–H groups in total. The number of aromatic nitrogens is 9. The SMILES string of the molecule is [3HH].[3H][3H].[C-]#[N+]c1ccc(-n2c3ccccc3c3ccccc32)c(-n2c3ccccc3c3ccccc32)c1.c1ccc(-c2ccc(-c3ccc4c5ccc(-c6ccc(-c7ccccn7)nc6)cc5c5ccccc5c4c3)cn2)nc1.c1ccc(-c2cccc(-c3nc(-c4cccc(-c5ccccc5)c4)nc(-c4cccc(-c5ccccc5)c4)n3)c2)cc1. The first-order valence-electron chi connectivity index (χ1n) is 40.3. The first kappa shape index (κ1) is 69.7. The van der Waals surface area contributed by atoms with Gasteiger partial charge in [0.15, 0.2) is 23.2 Å². The minimum atomic E-state index is 0. The molecule has 0 saturated carbocycles. The monoisotopic (exact) mass is 1520 g/mol. The van der Waals surface area contributed by atoms with Gasteiger partial charge in [0.1, 0.15) is 0 Å². The third-order valence-electron chi connectivity index (χ3n) is 21.9. The Morgan fingerprint density at radius 3 is 0.873 bits per heavy atom. The van der Waals surface area contributed by atoms with Crippen LogP contribution in [-0.2, 0) is 0 Å². The summed E-state index contributed by atoms with van der Waals surface area (Å²) in [6, 6.07) is 139. The highest BCUT2D eigenvalue weighted by atomic mass is 15.1. The lowest BCUT2D eigenvalue weighted by molar-refractivity contribution is 1.07. The van der Waals surface area contributed by atoms with Gasteiger partial charge in [-0.2, -0.15) is 0 Å². The Morgan fingerprint density at radius 1 is 0.212 bits per heavy atom. The van der Waals surface area contributed by atoms with Crippen LogP contribution in [0, 0.1) is 6.57 Å². The summed E-state index contributed by atoms with van der Waals surface area (Å²) in [5.74, 6) is 1.93. The predicted molar refractivity (Wildman–Crippen MR) is 490 cm³/mol. The Hall–Kier alpha value is -16.2. The maximum absolute atomic E-state index is 7.71. The van der Waals surface area contributed by atoms with E-state index in [2.05, 4.69) is 345 Å². The van der Waals surface area contributed by atoms with Crippen molar-refractivity contribution in [2.75, 3.05) is 0 Å². The number of pyridine rings is 4. The van der Waals surface area contributed by atoms with Gasteiger partial charge in [0.2, 0.25) is 0 Å². The summed E-state index contributed by atoms with van der Waals surface area (Å²) in [5.41, 5.74) is 24.8. The normalized spacial score (nSPS) is 11.3. The molecule has 0 atom stereocenters. The van der Waals surface area contributed by atoms with Crippen LogP contribution in [0.2, 0.25) is 0 Å². The maximum Gasteiger partial charge on any atom is 0.189 e. The Labute approximate surface area is 686 Å². The fraction of sp³-hybridized carbons (Fsp3) is 0. The molecule has 0 radical (unpaired) electrons. The van der Waals surface area contributed by atoms with E-state index >= 15 is 0 Å². The quantitative estimate of drug-likeness (QED) is 0.0886. The molecule has 118 heavy (non-hydrogen) atoms. The highest BCUT2D eigenvalue weighted by molar-refractivity contribution is 6.26. The van der Waals surface area contributed by atoms with Crippen molar-refractivity contribution < 1.29 is 4.40 Å². The standard InChI is InChI=1S/C39H27N3.C38H24N4.C31H19N3.2H2/c1-4-13-28(14-5-1)31-19-10-22-34(25-31)37-40-38(35-23-11-20-32(26-35)29-15-6-2-7-16-29)42-39(41-37)36-24-12-21-33(27-36)30-17-8-3-9-18-30;1-2-8-30-29(7-1)33-21-25(27-13-17-37(41-23-27)35-9-3-5-19-39-35)11-15-31(33)32-16-12-26(22-34(30)32)28-14-18-38(42-24-28)36-10-4-6-20-40-36;1-32-21-18-19-30(33-26-14-6-2-10-22(26)23-11-3-7-15-27(23)33)31(20-21)34-28-16-8-4-12-24(28)25-13-5-9-17-29(25)34;;/h1-27H;1-24H;2-20H;2*1H/i;;;1+2T;1+2. The Morgan fingerprint density at radius 2 is 0.517 bits per heavy atom. The summed E-state index contributed by atoms with van der Waals surface area (Å²) in [6.45, 7) is 7.71. The van der Waals surface area contributed by atoms with Gasteiger partial charge in [-0.1, -0.05) is 297 Å². The number of hydrogen-bond donors (Lipinski definition) is 0. The summed E-state index contributed by atoms with van der Waals surface area (Å²) in [6.07, 6.45) is 7.47. The van der Waals surface area contributed by atoms with E-state index in [0.29, 0.717) is 23.2 Å². The number of nitrogens with zero attached hydrogens (tertiary/aromatic N) is 10. The summed E-state index contributed by atoms with van der Waals surface area (Å²) in [5, 5.41) is 12.3. The second-order valence-corrected chi connectivity index (χ2v) is 29.0. The third kappa shape index (κ3) is 13.8. The summed E-state index contributed by atoms with van der Waals surface area (Å²) < 4.78 is 14.6. The van der Waals surface area contributed by atoms with Crippen LogP contribution in [-0.4, -0.2) is 44.0 Å². The number of hydrogen-bond acceptors (Lipinski definition) is 7. The van der Waals surface area contributed by atoms with Crippen molar-refractivity contribution in [1.29, 1.82) is 0 Å². The van der Waals surface area contributed by atoms with Crippen molar-refractivity contribution in [2.24, 2.45) is 0 Å². The third-order valence-corrected chi connectivity index (χ3v) is 21.9. The van der Waals surface area contributed by atoms with Crippen molar-refractivity contribution in [3.8, 4) is 124 Å². The molecule has 15 aromatic carbocycles. The smallest absolute Gasteiger partial charge is 0.189 e. The van der Waals surface area contributed by atoms with Gasteiger partial charge in [-0.25, -0.2) is 19.8 Å². The van der Waals surface area contributed by atoms with Crippen LogP contribution in [0.3, 0.4) is 0 Å². The second-order valence-electron chi connectivity index (χ2n) is 29.0. The van der Waals surface area contributed by atoms with Crippen LogP contribution in [0.4, 0.5) is 5.69 Å². The van der Waals surface area contributed by atoms with E-state index in [4.69, 9.17) is 34.5 Å². The van der Waals surface area contributed by atoms with E-state index in [0.717, 1.165) is 129 Å². The van der Waals surface area contributed by atoms with E-state index in [-0.39, 0.29) is 1.43 Å². The number of fused-ring (bicyclic) bond motifs is 12. The molecule has 7 aromatic heterocycles. The molecule has 10 nitrogen and oxygen atoms in total. The number of benzene rings is 15. The molecule has 0 spiro atoms. The molecule has 556 valence electrons. The predicted octanol–water partition coefficient (Wildman–Crippen LogP) is 28.2. The van der Waals surface area contributed by atoms with Gasteiger partial charge in [0, 0.05) is 78.5 Å². The van der Waals surface area contributed by atoms with Crippen LogP contribution in [0.15, 0.2) is 425 Å². The lowest BCUT2D eigenvalue weighted by Crippen LogP contribution is -2.03. The average Bonchev–Trinajstić information content (AvgIpc) is 1.58. The topological polar surface area (TPSA) is 104 Å². The van der Waals surface area contributed by atoms with Crippen molar-refractivity contribution in [2.45, 2.75) is 0 Å². The van der Waals surface area contributed by atoms with Gasteiger partial charge >= 0.3 is 0 Å². The van der Waals surface area contributed by atoms with E-state index < -0.39 is 0 Å². The van der Waals surface area contributed by atoms with Crippen LogP contribution < -0.4 is 0 Å². The van der Waals surface area contributed by atoms with Gasteiger partial charge in [-0.05, 0) is 180 Å². The van der Waals surface area contributed by atoms with Crippen molar-refractivity contribution >= 4 is 81.6 Å². The molecule has 0 unspecified atom stereocenters. The van der Waals surface area contributed by atoms with Crippen LogP contribution >= 0.6 is 0 Å². The molecule has 0 aliphatic carbocycles. The van der Waals surface area contributed by atoms with Gasteiger partial charge in [0.25, 0.3) is 0 Å². The van der Waals surface area contributed by atoms with E-state index in [1.165, 1.54) is 53.9 Å². The first-order valence-corrected chi connectivity index (χ1v) is 39.3. The van der Waals surface area contributed by atoms with Crippen molar-refractivity contribution in [3.05, 3.63) is 437 Å². The molecular weight excluding hydrogens is 1440 g/mol. The molecule has 22 rings (SSSR count). The number of rotatable bonds is 12. The highest BCUT2D eigenvalue weighted by Crippen LogP contribution is 2.43. The fourth-order valence-corrected chi connectivity index (χ4v) is 16.3. The van der Waals surface area contributed by atoms with E-state index in [1.54, 1.807) is 12.4 Å². The number of para-hydroxylation sites is 4. The molecule has 0 bridgehead atoms. The van der Waals surface area contributed by atoms with Gasteiger partial charge in [-0.15, -0.1) is 0 Å². The largest absolute Gasteiger partial charge is 0.308 e. The molecule has 10 heteroatoms. The minimum Gasteiger partial charge on any atom is -0.308 e. The molecule has 0 fully saturated rings. The molecule has 0 amide bonds. The van der Waals surface area contributed by atoms with E-state index in [1.807, 2.05) is 91.3 Å². The molecule has 0 aliphatic rings. The Balaban J connectivity index is 0.000000123. The van der Waals surface area contributed by atoms with Crippen LogP contribution in [0.5, 0.6) is 0 Å². The zero-order valence-electron chi connectivity index (χ0n) is 65.9. The summed E-state index contributed by atoms with van der Waals surface area (Å²) >= 11 is 0. The fourth-order valence-electron chi connectivity index (χ4n) is 16.3. The van der Waals surface area contributed by atoms with Crippen LogP contribution in [0.25, 0.3) is 205 Å². The summed E-state index contributed by atoms with van der Waals surface area (Å²) in [4.78, 5) is 37.1. The second kappa shape index (κ2) is 31.4. The molecule has 7 heterocycles. The lowest BCUT2D eigenvalue weighted by Gasteiger charge is -2.17. The van der Waals surface area contributed by atoms with Gasteiger partial charge in [-0.3, -0.25) is 19.9 Å². The average molecular weight is 1520 g/mol. The van der Waals surface area contributed by atoms with Crippen molar-refractivity contribution in [1.82, 2.24) is 44.0 Å². The van der Waals surface area contributed by atoms with Crippen LogP contribution in [0.1, 0.15) is 4.40 Å². The molecule has 0 aliphatic heterocycles.